The molecule has 2 N–H and O–H groups in total. The summed E-state index contributed by atoms with van der Waals surface area (Å²) in [5.74, 6) is 0. The molecular weight excluding hydrogens is 354 g/mol. The normalized spacial score (nSPS) is 12.3. The Hall–Kier alpha value is -0.470. The molecule has 0 fully saturated rings. The summed E-state index contributed by atoms with van der Waals surface area (Å²) < 4.78 is 27.7. The van der Waals surface area contributed by atoms with Crippen molar-refractivity contribution in [3.8, 4) is 0 Å². The number of nitrogens with two attached hydrogens (primary N) is 1. The predicted molar refractivity (Wildman–Crippen MR) is 89.6 cm³/mol. The number of halogens is 1. The molecule has 21 heavy (non-hydrogen) atoms. The van der Waals surface area contributed by atoms with Gasteiger partial charge in [0.05, 0.1) is 4.90 Å². The number of benzene rings is 1. The molecule has 0 atom stereocenters. The van der Waals surface area contributed by atoms with Gasteiger partial charge in [-0.2, -0.15) is 4.31 Å². The molecule has 1 aromatic rings. The van der Waals surface area contributed by atoms with Gasteiger partial charge in [-0.05, 0) is 54.1 Å². The Balaban J connectivity index is 3.10. The molecule has 7 heteroatoms. The van der Waals surface area contributed by atoms with E-state index in [0.717, 1.165) is 12.0 Å². The summed E-state index contributed by atoms with van der Waals surface area (Å²) in [5.41, 5.74) is 6.48. The van der Waals surface area contributed by atoms with Crippen LogP contribution in [-0.2, 0) is 16.6 Å². The van der Waals surface area contributed by atoms with Gasteiger partial charge in [-0.1, -0.05) is 13.0 Å². The third kappa shape index (κ3) is 5.03. The van der Waals surface area contributed by atoms with Gasteiger partial charge in [-0.25, -0.2) is 8.42 Å². The standard InChI is InChI=1S/C14H24BrN3O2S/c1-4-7-18(9-8-17(2)3)21(19,20)14-6-5-12(11-16)10-13(14)15/h5-6,10H,4,7-9,11,16H2,1-3H3. The fourth-order valence-corrected chi connectivity index (χ4v) is 4.54. The van der Waals surface area contributed by atoms with Crippen LogP contribution in [0.25, 0.3) is 0 Å². The first-order valence-electron chi connectivity index (χ1n) is 6.96. The lowest BCUT2D eigenvalue weighted by Crippen LogP contribution is -2.37. The third-order valence-corrected chi connectivity index (χ3v) is 5.99. The number of sulfonamides is 1. The summed E-state index contributed by atoms with van der Waals surface area (Å²) >= 11 is 3.35. The molecule has 0 heterocycles. The van der Waals surface area contributed by atoms with E-state index in [0.29, 0.717) is 35.5 Å². The second-order valence-electron chi connectivity index (χ2n) is 5.18. The van der Waals surface area contributed by atoms with Crippen molar-refractivity contribution in [2.24, 2.45) is 5.73 Å². The zero-order chi connectivity index (χ0) is 16.0. The minimum atomic E-state index is -3.50. The monoisotopic (exact) mass is 377 g/mol. The number of hydrogen-bond acceptors (Lipinski definition) is 4. The molecule has 0 spiro atoms. The van der Waals surface area contributed by atoms with Crippen molar-refractivity contribution < 1.29 is 8.42 Å². The molecule has 0 aromatic heterocycles. The van der Waals surface area contributed by atoms with Gasteiger partial charge < -0.3 is 10.6 Å². The highest BCUT2D eigenvalue weighted by molar-refractivity contribution is 9.10. The van der Waals surface area contributed by atoms with Gasteiger partial charge in [0.1, 0.15) is 0 Å². The smallest absolute Gasteiger partial charge is 0.244 e. The summed E-state index contributed by atoms with van der Waals surface area (Å²) in [6.07, 6.45) is 0.783. The van der Waals surface area contributed by atoms with E-state index >= 15 is 0 Å². The van der Waals surface area contributed by atoms with E-state index in [1.54, 1.807) is 18.2 Å². The van der Waals surface area contributed by atoms with Crippen LogP contribution in [0.3, 0.4) is 0 Å². The fraction of sp³-hybridized carbons (Fsp3) is 0.571. The van der Waals surface area contributed by atoms with Crippen LogP contribution in [0.4, 0.5) is 0 Å². The molecule has 0 amide bonds. The second kappa shape index (κ2) is 8.24. The van der Waals surface area contributed by atoms with E-state index < -0.39 is 10.0 Å². The first kappa shape index (κ1) is 18.6. The van der Waals surface area contributed by atoms with Gasteiger partial charge in [0, 0.05) is 30.7 Å². The highest BCUT2D eigenvalue weighted by atomic mass is 79.9. The molecule has 0 saturated carbocycles. The van der Waals surface area contributed by atoms with Crippen molar-refractivity contribution in [1.29, 1.82) is 0 Å². The van der Waals surface area contributed by atoms with Crippen molar-refractivity contribution in [2.45, 2.75) is 24.8 Å². The maximum Gasteiger partial charge on any atom is 0.244 e. The van der Waals surface area contributed by atoms with E-state index in [1.807, 2.05) is 25.9 Å². The van der Waals surface area contributed by atoms with E-state index in [-0.39, 0.29) is 0 Å². The molecule has 5 nitrogen and oxygen atoms in total. The zero-order valence-electron chi connectivity index (χ0n) is 12.8. The molecular formula is C14H24BrN3O2S. The first-order valence-corrected chi connectivity index (χ1v) is 9.19. The molecule has 0 radical (unpaired) electrons. The van der Waals surface area contributed by atoms with Gasteiger partial charge in [0.25, 0.3) is 0 Å². The predicted octanol–water partition coefficient (Wildman–Crippen LogP) is 1.87. The summed E-state index contributed by atoms with van der Waals surface area (Å²) in [4.78, 5) is 2.27. The topological polar surface area (TPSA) is 66.6 Å². The molecule has 0 bridgehead atoms. The Kier molecular flexibility index (Phi) is 7.29. The quantitative estimate of drug-likeness (QED) is 0.750. The lowest BCUT2D eigenvalue weighted by molar-refractivity contribution is 0.333. The maximum absolute atomic E-state index is 12.8. The largest absolute Gasteiger partial charge is 0.326 e. The Labute approximate surface area is 136 Å². The fourth-order valence-electron chi connectivity index (χ4n) is 1.93. The third-order valence-electron chi connectivity index (χ3n) is 3.12. The van der Waals surface area contributed by atoms with Gasteiger partial charge in [0.2, 0.25) is 10.0 Å². The average molecular weight is 378 g/mol. The van der Waals surface area contributed by atoms with Crippen LogP contribution in [-0.4, -0.2) is 51.4 Å². The summed E-state index contributed by atoms with van der Waals surface area (Å²) in [6.45, 7) is 4.05. The van der Waals surface area contributed by atoms with Gasteiger partial charge in [-0.15, -0.1) is 0 Å². The molecule has 0 unspecified atom stereocenters. The minimum Gasteiger partial charge on any atom is -0.326 e. The maximum atomic E-state index is 12.8. The van der Waals surface area contributed by atoms with E-state index in [4.69, 9.17) is 5.73 Å². The van der Waals surface area contributed by atoms with Gasteiger partial charge in [0.15, 0.2) is 0 Å². The minimum absolute atomic E-state index is 0.298. The molecule has 120 valence electrons. The Morgan fingerprint density at radius 2 is 1.86 bits per heavy atom. The summed E-state index contributed by atoms with van der Waals surface area (Å²) in [5, 5.41) is 0. The molecule has 1 aromatic carbocycles. The van der Waals surface area contributed by atoms with E-state index in [2.05, 4.69) is 15.9 Å². The van der Waals surface area contributed by atoms with Crippen molar-refractivity contribution in [2.75, 3.05) is 33.7 Å². The molecule has 0 aliphatic rings. The lowest BCUT2D eigenvalue weighted by atomic mass is 10.2. The zero-order valence-corrected chi connectivity index (χ0v) is 15.2. The highest BCUT2D eigenvalue weighted by Gasteiger charge is 2.25. The van der Waals surface area contributed by atoms with E-state index in [9.17, 15) is 8.42 Å². The number of hydrogen-bond donors (Lipinski definition) is 1. The van der Waals surface area contributed by atoms with Crippen LogP contribution in [0.2, 0.25) is 0 Å². The summed E-state index contributed by atoms with van der Waals surface area (Å²) in [6, 6.07) is 5.15. The lowest BCUT2D eigenvalue weighted by Gasteiger charge is -2.24. The SMILES string of the molecule is CCCN(CCN(C)C)S(=O)(=O)c1ccc(CN)cc1Br. The Morgan fingerprint density at radius 1 is 1.19 bits per heavy atom. The average Bonchev–Trinajstić information content (AvgIpc) is 2.42. The van der Waals surface area contributed by atoms with Crippen molar-refractivity contribution in [3.05, 3.63) is 28.2 Å². The summed E-state index contributed by atoms with van der Waals surface area (Å²) in [7, 11) is 0.371. The molecule has 1 rings (SSSR count). The Morgan fingerprint density at radius 3 is 2.33 bits per heavy atom. The second-order valence-corrected chi connectivity index (χ2v) is 7.94. The van der Waals surface area contributed by atoms with Gasteiger partial charge >= 0.3 is 0 Å². The van der Waals surface area contributed by atoms with Crippen LogP contribution < -0.4 is 5.73 Å². The molecule has 0 aliphatic carbocycles. The number of likely N-dealkylation sites (N-methyl/N-ethyl adjacent to an activating group) is 1. The van der Waals surface area contributed by atoms with Crippen molar-refractivity contribution in [1.82, 2.24) is 9.21 Å². The number of rotatable bonds is 8. The van der Waals surface area contributed by atoms with Crippen LogP contribution >= 0.6 is 15.9 Å². The number of nitrogens with zero attached hydrogens (tertiary/aromatic N) is 2. The molecule has 0 saturated heterocycles. The van der Waals surface area contributed by atoms with Crippen LogP contribution in [0, 0.1) is 0 Å². The van der Waals surface area contributed by atoms with Crippen LogP contribution in [0.5, 0.6) is 0 Å². The Bertz CT molecular complexity index is 561. The van der Waals surface area contributed by atoms with Crippen molar-refractivity contribution in [3.63, 3.8) is 0 Å². The van der Waals surface area contributed by atoms with Crippen LogP contribution in [0.15, 0.2) is 27.6 Å². The van der Waals surface area contributed by atoms with Crippen LogP contribution in [0.1, 0.15) is 18.9 Å². The molecule has 0 aliphatic heterocycles. The van der Waals surface area contributed by atoms with E-state index in [1.165, 1.54) is 4.31 Å². The highest BCUT2D eigenvalue weighted by Crippen LogP contribution is 2.26. The first-order chi connectivity index (χ1) is 9.82. The van der Waals surface area contributed by atoms with Crippen molar-refractivity contribution >= 4 is 26.0 Å². The van der Waals surface area contributed by atoms with Gasteiger partial charge in [-0.3, -0.25) is 0 Å².